The zero-order valence-corrected chi connectivity index (χ0v) is 10.1. The van der Waals surface area contributed by atoms with E-state index in [-0.39, 0.29) is 5.54 Å². The van der Waals surface area contributed by atoms with Crippen molar-refractivity contribution < 1.29 is 4.79 Å². The molecule has 0 amide bonds. The summed E-state index contributed by atoms with van der Waals surface area (Å²) in [5, 5.41) is 0. The Morgan fingerprint density at radius 1 is 1.20 bits per heavy atom. The quantitative estimate of drug-likeness (QED) is 0.627. The molecule has 1 fully saturated rings. The van der Waals surface area contributed by atoms with Crippen LogP contribution in [-0.4, -0.2) is 11.3 Å². The summed E-state index contributed by atoms with van der Waals surface area (Å²) >= 11 is 0. The van der Waals surface area contributed by atoms with Gasteiger partial charge in [-0.3, -0.25) is 4.79 Å². The van der Waals surface area contributed by atoms with Crippen LogP contribution in [0, 0.1) is 0 Å². The maximum absolute atomic E-state index is 11.6. The van der Waals surface area contributed by atoms with E-state index in [2.05, 4.69) is 6.92 Å². The fourth-order valence-corrected chi connectivity index (χ4v) is 2.21. The van der Waals surface area contributed by atoms with Crippen molar-refractivity contribution in [3.63, 3.8) is 0 Å². The zero-order chi connectivity index (χ0) is 11.1. The van der Waals surface area contributed by atoms with Crippen LogP contribution in [0.4, 0.5) is 0 Å². The molecular formula is C13H25NO. The van der Waals surface area contributed by atoms with Gasteiger partial charge in [0.05, 0.1) is 0 Å². The standard InChI is InChI=1S/C13H25NO/c1-2-3-4-5-6-8-12(15)11-13(14)9-7-10-13/h2-11,14H2,1H3. The molecule has 2 nitrogen and oxygen atoms in total. The van der Waals surface area contributed by atoms with Crippen LogP contribution in [0.3, 0.4) is 0 Å². The molecule has 1 saturated carbocycles. The van der Waals surface area contributed by atoms with Gasteiger partial charge in [0, 0.05) is 18.4 Å². The van der Waals surface area contributed by atoms with Crippen molar-refractivity contribution in [2.24, 2.45) is 5.73 Å². The van der Waals surface area contributed by atoms with E-state index in [4.69, 9.17) is 5.73 Å². The second-order valence-electron chi connectivity index (χ2n) is 5.10. The fourth-order valence-electron chi connectivity index (χ4n) is 2.21. The first-order chi connectivity index (χ1) is 7.16. The number of unbranched alkanes of at least 4 members (excludes halogenated alkanes) is 4. The molecule has 0 aliphatic heterocycles. The molecule has 0 bridgehead atoms. The first kappa shape index (κ1) is 12.7. The van der Waals surface area contributed by atoms with Crippen LogP contribution in [-0.2, 0) is 4.79 Å². The molecule has 0 aromatic heterocycles. The molecule has 15 heavy (non-hydrogen) atoms. The van der Waals surface area contributed by atoms with E-state index in [1.165, 1.54) is 32.1 Å². The molecule has 88 valence electrons. The fraction of sp³-hybridized carbons (Fsp3) is 0.923. The summed E-state index contributed by atoms with van der Waals surface area (Å²) in [6.07, 6.45) is 10.8. The predicted octanol–water partition coefficient (Wildman–Crippen LogP) is 3.19. The number of Topliss-reactive ketones (excluding diaryl/α,β-unsaturated/α-hetero) is 1. The number of rotatable bonds is 8. The molecule has 1 aliphatic rings. The summed E-state index contributed by atoms with van der Waals surface area (Å²) in [6, 6.07) is 0. The van der Waals surface area contributed by atoms with Gasteiger partial charge in [-0.25, -0.2) is 0 Å². The maximum Gasteiger partial charge on any atom is 0.134 e. The SMILES string of the molecule is CCCCCCCC(=O)CC1(N)CCC1. The molecule has 0 saturated heterocycles. The van der Waals surface area contributed by atoms with E-state index in [0.717, 1.165) is 25.7 Å². The highest BCUT2D eigenvalue weighted by molar-refractivity contribution is 5.79. The van der Waals surface area contributed by atoms with Crippen LogP contribution >= 0.6 is 0 Å². The molecule has 0 radical (unpaired) electrons. The molecule has 0 aromatic carbocycles. The normalized spacial score (nSPS) is 18.5. The molecule has 1 aliphatic carbocycles. The highest BCUT2D eigenvalue weighted by Crippen LogP contribution is 2.32. The third-order valence-corrected chi connectivity index (χ3v) is 3.46. The molecule has 0 spiro atoms. The number of carbonyl (C=O) groups excluding carboxylic acids is 1. The van der Waals surface area contributed by atoms with Gasteiger partial charge in [0.25, 0.3) is 0 Å². The second-order valence-corrected chi connectivity index (χ2v) is 5.10. The smallest absolute Gasteiger partial charge is 0.134 e. The van der Waals surface area contributed by atoms with Gasteiger partial charge >= 0.3 is 0 Å². The first-order valence-electron chi connectivity index (χ1n) is 6.47. The Kier molecular flexibility index (Phi) is 5.30. The van der Waals surface area contributed by atoms with Crippen LogP contribution in [0.1, 0.15) is 71.1 Å². The van der Waals surface area contributed by atoms with Crippen LogP contribution < -0.4 is 5.73 Å². The van der Waals surface area contributed by atoms with E-state index >= 15 is 0 Å². The molecule has 0 aromatic rings. The summed E-state index contributed by atoms with van der Waals surface area (Å²) in [5.41, 5.74) is 5.92. The molecule has 2 N–H and O–H groups in total. The summed E-state index contributed by atoms with van der Waals surface area (Å²) in [4.78, 5) is 11.6. The van der Waals surface area contributed by atoms with Gasteiger partial charge in [0.1, 0.15) is 5.78 Å². The number of ketones is 1. The maximum atomic E-state index is 11.6. The van der Waals surface area contributed by atoms with E-state index < -0.39 is 0 Å². The molecular weight excluding hydrogens is 186 g/mol. The Bertz CT molecular complexity index is 197. The van der Waals surface area contributed by atoms with Gasteiger partial charge in [-0.2, -0.15) is 0 Å². The van der Waals surface area contributed by atoms with Gasteiger partial charge < -0.3 is 5.73 Å². The molecule has 0 unspecified atom stereocenters. The lowest BCUT2D eigenvalue weighted by molar-refractivity contribution is -0.121. The number of nitrogens with two attached hydrogens (primary N) is 1. The van der Waals surface area contributed by atoms with E-state index in [1.54, 1.807) is 0 Å². The van der Waals surface area contributed by atoms with Crippen molar-refractivity contribution in [2.45, 2.75) is 76.7 Å². The summed E-state index contributed by atoms with van der Waals surface area (Å²) in [6.45, 7) is 2.21. The molecule has 1 rings (SSSR count). The lowest BCUT2D eigenvalue weighted by atomic mass is 9.74. The average molecular weight is 211 g/mol. The van der Waals surface area contributed by atoms with Gasteiger partial charge in [0.2, 0.25) is 0 Å². The van der Waals surface area contributed by atoms with E-state index in [1.807, 2.05) is 0 Å². The van der Waals surface area contributed by atoms with Crippen molar-refractivity contribution in [1.82, 2.24) is 0 Å². The molecule has 0 atom stereocenters. The van der Waals surface area contributed by atoms with Crippen molar-refractivity contribution in [3.8, 4) is 0 Å². The third-order valence-electron chi connectivity index (χ3n) is 3.46. The second kappa shape index (κ2) is 6.26. The van der Waals surface area contributed by atoms with E-state index in [0.29, 0.717) is 12.2 Å². The summed E-state index contributed by atoms with van der Waals surface area (Å²) in [7, 11) is 0. The Morgan fingerprint density at radius 2 is 1.87 bits per heavy atom. The largest absolute Gasteiger partial charge is 0.325 e. The predicted molar refractivity (Wildman–Crippen MR) is 63.8 cm³/mol. The Labute approximate surface area is 93.6 Å². The van der Waals surface area contributed by atoms with Gasteiger partial charge in [-0.1, -0.05) is 32.6 Å². The summed E-state index contributed by atoms with van der Waals surface area (Å²) < 4.78 is 0. The van der Waals surface area contributed by atoms with Crippen molar-refractivity contribution in [3.05, 3.63) is 0 Å². The van der Waals surface area contributed by atoms with Gasteiger partial charge in [-0.05, 0) is 25.7 Å². The lowest BCUT2D eigenvalue weighted by Crippen LogP contribution is -2.48. The minimum Gasteiger partial charge on any atom is -0.325 e. The number of hydrogen-bond acceptors (Lipinski definition) is 2. The van der Waals surface area contributed by atoms with Crippen LogP contribution in [0.2, 0.25) is 0 Å². The summed E-state index contributed by atoms with van der Waals surface area (Å²) in [5.74, 6) is 0.383. The van der Waals surface area contributed by atoms with Crippen molar-refractivity contribution in [2.75, 3.05) is 0 Å². The number of carbonyl (C=O) groups is 1. The Hall–Kier alpha value is -0.370. The third kappa shape index (κ3) is 4.78. The first-order valence-corrected chi connectivity index (χ1v) is 6.47. The van der Waals surface area contributed by atoms with E-state index in [9.17, 15) is 4.79 Å². The number of hydrogen-bond donors (Lipinski definition) is 1. The van der Waals surface area contributed by atoms with Crippen LogP contribution in [0.25, 0.3) is 0 Å². The molecule has 2 heteroatoms. The van der Waals surface area contributed by atoms with Crippen molar-refractivity contribution in [1.29, 1.82) is 0 Å². The minimum atomic E-state index is -0.111. The van der Waals surface area contributed by atoms with Gasteiger partial charge in [0.15, 0.2) is 0 Å². The lowest BCUT2D eigenvalue weighted by Gasteiger charge is -2.37. The Balaban J connectivity index is 1.98. The van der Waals surface area contributed by atoms with Gasteiger partial charge in [-0.15, -0.1) is 0 Å². The Morgan fingerprint density at radius 3 is 2.40 bits per heavy atom. The average Bonchev–Trinajstić information content (AvgIpc) is 2.15. The zero-order valence-electron chi connectivity index (χ0n) is 10.1. The van der Waals surface area contributed by atoms with Crippen LogP contribution in [0.15, 0.2) is 0 Å². The van der Waals surface area contributed by atoms with Crippen molar-refractivity contribution >= 4 is 5.78 Å². The topological polar surface area (TPSA) is 43.1 Å². The molecule has 0 heterocycles. The highest BCUT2D eigenvalue weighted by atomic mass is 16.1. The minimum absolute atomic E-state index is 0.111. The van der Waals surface area contributed by atoms with Crippen LogP contribution in [0.5, 0.6) is 0 Å². The monoisotopic (exact) mass is 211 g/mol. The highest BCUT2D eigenvalue weighted by Gasteiger charge is 2.34.